The Hall–Kier alpha value is -1.49. The number of nitrogens with zero attached hydrogens (tertiary/aromatic N) is 1. The average molecular weight is 239 g/mol. The second-order valence-electron chi connectivity index (χ2n) is 4.32. The van der Waals surface area contributed by atoms with Crippen LogP contribution in [0.3, 0.4) is 0 Å². The molecule has 5 heteroatoms. The second kappa shape index (κ2) is 6.30. The fraction of sp³-hybridized carbons (Fsp3) is 0.583. The number of anilines is 2. The predicted octanol–water partition coefficient (Wildman–Crippen LogP) is 1.63. The Kier molecular flexibility index (Phi) is 5.03. The number of nitrogen functional groups attached to an aromatic ring is 1. The lowest BCUT2D eigenvalue weighted by molar-refractivity contribution is 0.188. The lowest BCUT2D eigenvalue weighted by Gasteiger charge is -2.13. The van der Waals surface area contributed by atoms with Crippen molar-refractivity contribution in [2.45, 2.75) is 39.4 Å². The molecular weight excluding hydrogens is 218 g/mol. The Morgan fingerprint density at radius 2 is 2.12 bits per heavy atom. The van der Waals surface area contributed by atoms with Gasteiger partial charge in [0.25, 0.3) is 0 Å². The van der Waals surface area contributed by atoms with Gasteiger partial charge in [0.15, 0.2) is 0 Å². The molecule has 0 amide bonds. The fourth-order valence-electron chi connectivity index (χ4n) is 1.28. The largest absolute Gasteiger partial charge is 0.473 e. The van der Waals surface area contributed by atoms with Crippen LogP contribution >= 0.6 is 0 Å². The molecule has 96 valence electrons. The van der Waals surface area contributed by atoms with Crippen LogP contribution in [0.2, 0.25) is 0 Å². The summed E-state index contributed by atoms with van der Waals surface area (Å²) in [5.74, 6) is 1.15. The summed E-state index contributed by atoms with van der Waals surface area (Å²) < 4.78 is 5.49. The number of ether oxygens (including phenoxy) is 1. The van der Waals surface area contributed by atoms with Crippen LogP contribution in [0.15, 0.2) is 12.1 Å². The van der Waals surface area contributed by atoms with Gasteiger partial charge < -0.3 is 20.9 Å². The summed E-state index contributed by atoms with van der Waals surface area (Å²) in [7, 11) is 0. The van der Waals surface area contributed by atoms with Crippen molar-refractivity contribution < 1.29 is 9.84 Å². The topological polar surface area (TPSA) is 80.4 Å². The van der Waals surface area contributed by atoms with Crippen molar-refractivity contribution >= 4 is 11.5 Å². The van der Waals surface area contributed by atoms with Crippen LogP contribution in [0.25, 0.3) is 0 Å². The van der Waals surface area contributed by atoms with Crippen LogP contribution < -0.4 is 15.8 Å². The third-order valence-corrected chi connectivity index (χ3v) is 2.11. The van der Waals surface area contributed by atoms with Crippen molar-refractivity contribution in [3.63, 3.8) is 0 Å². The highest BCUT2D eigenvalue weighted by Gasteiger charge is 2.06. The lowest BCUT2D eigenvalue weighted by Crippen LogP contribution is -2.12. The molecule has 1 rings (SSSR count). The number of nitrogens with one attached hydrogen (secondary N) is 1. The number of aliphatic hydroxyl groups is 1. The van der Waals surface area contributed by atoms with Gasteiger partial charge in [0.2, 0.25) is 5.88 Å². The molecule has 0 bridgehead atoms. The Labute approximate surface area is 102 Å². The summed E-state index contributed by atoms with van der Waals surface area (Å²) in [6.07, 6.45) is 0.395. The van der Waals surface area contributed by atoms with E-state index in [4.69, 9.17) is 15.6 Å². The summed E-state index contributed by atoms with van der Waals surface area (Å²) in [5.41, 5.74) is 6.29. The monoisotopic (exact) mass is 239 g/mol. The molecule has 0 saturated heterocycles. The molecule has 5 nitrogen and oxygen atoms in total. The van der Waals surface area contributed by atoms with Crippen molar-refractivity contribution in [1.29, 1.82) is 0 Å². The maximum absolute atomic E-state index is 9.14. The van der Waals surface area contributed by atoms with Gasteiger partial charge in [-0.2, -0.15) is 4.98 Å². The van der Waals surface area contributed by atoms with Crippen LogP contribution in [-0.2, 0) is 0 Å². The number of pyridine rings is 1. The van der Waals surface area contributed by atoms with Crippen molar-refractivity contribution in [2.24, 2.45) is 0 Å². The van der Waals surface area contributed by atoms with Crippen LogP contribution in [0, 0.1) is 0 Å². The first-order valence-corrected chi connectivity index (χ1v) is 5.84. The Morgan fingerprint density at radius 3 is 2.71 bits per heavy atom. The molecular formula is C12H21N3O2. The smallest absolute Gasteiger partial charge is 0.239 e. The number of aliphatic hydroxyl groups excluding tert-OH is 1. The molecule has 1 unspecified atom stereocenters. The van der Waals surface area contributed by atoms with Crippen molar-refractivity contribution in [3.8, 4) is 5.88 Å². The van der Waals surface area contributed by atoms with E-state index in [9.17, 15) is 0 Å². The minimum absolute atomic E-state index is 0.0394. The zero-order valence-electron chi connectivity index (χ0n) is 10.6. The van der Waals surface area contributed by atoms with Gasteiger partial charge in [0.05, 0.1) is 17.9 Å². The normalized spacial score (nSPS) is 12.5. The zero-order valence-corrected chi connectivity index (χ0v) is 10.6. The van der Waals surface area contributed by atoms with Gasteiger partial charge in [-0.1, -0.05) is 0 Å². The number of aromatic nitrogens is 1. The Bertz CT molecular complexity index is 354. The molecule has 1 aromatic rings. The SMILES string of the molecule is CC(O)CCNc1ccc(N)c(OC(C)C)n1. The van der Waals surface area contributed by atoms with Gasteiger partial charge in [0, 0.05) is 6.54 Å². The predicted molar refractivity (Wildman–Crippen MR) is 69.2 cm³/mol. The second-order valence-corrected chi connectivity index (χ2v) is 4.32. The van der Waals surface area contributed by atoms with Crippen molar-refractivity contribution in [3.05, 3.63) is 12.1 Å². The molecule has 0 fully saturated rings. The molecule has 1 heterocycles. The third kappa shape index (κ3) is 4.91. The van der Waals surface area contributed by atoms with Gasteiger partial charge in [-0.25, -0.2) is 0 Å². The Balaban J connectivity index is 2.61. The Morgan fingerprint density at radius 1 is 1.41 bits per heavy atom. The first kappa shape index (κ1) is 13.6. The van der Waals surface area contributed by atoms with Crippen molar-refractivity contribution in [2.75, 3.05) is 17.6 Å². The lowest BCUT2D eigenvalue weighted by atomic mass is 10.3. The van der Waals surface area contributed by atoms with E-state index in [2.05, 4.69) is 10.3 Å². The van der Waals surface area contributed by atoms with E-state index in [1.54, 1.807) is 19.1 Å². The fourth-order valence-corrected chi connectivity index (χ4v) is 1.28. The molecule has 17 heavy (non-hydrogen) atoms. The molecule has 0 aliphatic rings. The molecule has 4 N–H and O–H groups in total. The standard InChI is InChI=1S/C12H21N3O2/c1-8(2)17-12-10(13)4-5-11(15-12)14-7-6-9(3)16/h4-5,8-9,16H,6-7,13H2,1-3H3,(H,14,15). The minimum Gasteiger partial charge on any atom is -0.473 e. The summed E-state index contributed by atoms with van der Waals surface area (Å²) in [5, 5.41) is 12.3. The quantitative estimate of drug-likeness (QED) is 0.703. The summed E-state index contributed by atoms with van der Waals surface area (Å²) in [6, 6.07) is 3.56. The number of hydrogen-bond acceptors (Lipinski definition) is 5. The van der Waals surface area contributed by atoms with Gasteiger partial charge in [-0.3, -0.25) is 0 Å². The maximum Gasteiger partial charge on any atom is 0.239 e. The van der Waals surface area contributed by atoms with E-state index in [0.29, 0.717) is 30.4 Å². The molecule has 1 atom stereocenters. The molecule has 0 aliphatic carbocycles. The first-order chi connectivity index (χ1) is 7.99. The van der Waals surface area contributed by atoms with Gasteiger partial charge in [0.1, 0.15) is 5.82 Å². The molecule has 1 aromatic heterocycles. The third-order valence-electron chi connectivity index (χ3n) is 2.11. The molecule has 0 aromatic carbocycles. The number of rotatable bonds is 6. The van der Waals surface area contributed by atoms with E-state index in [0.717, 1.165) is 0 Å². The van der Waals surface area contributed by atoms with Gasteiger partial charge in [-0.05, 0) is 39.3 Å². The van der Waals surface area contributed by atoms with Crippen LogP contribution in [0.1, 0.15) is 27.2 Å². The van der Waals surface area contributed by atoms with Crippen molar-refractivity contribution in [1.82, 2.24) is 4.98 Å². The van der Waals surface area contributed by atoms with Gasteiger partial charge in [-0.15, -0.1) is 0 Å². The molecule has 0 radical (unpaired) electrons. The highest BCUT2D eigenvalue weighted by Crippen LogP contribution is 2.21. The zero-order chi connectivity index (χ0) is 12.8. The van der Waals surface area contributed by atoms with Gasteiger partial charge >= 0.3 is 0 Å². The van der Waals surface area contributed by atoms with E-state index < -0.39 is 0 Å². The number of hydrogen-bond donors (Lipinski definition) is 3. The molecule has 0 saturated carbocycles. The van der Waals surface area contributed by atoms with E-state index in [1.807, 2.05) is 13.8 Å². The van der Waals surface area contributed by atoms with Crippen LogP contribution in [0.5, 0.6) is 5.88 Å². The average Bonchev–Trinajstić information content (AvgIpc) is 2.21. The highest BCUT2D eigenvalue weighted by atomic mass is 16.5. The maximum atomic E-state index is 9.14. The first-order valence-electron chi connectivity index (χ1n) is 5.84. The molecule has 0 spiro atoms. The highest BCUT2D eigenvalue weighted by molar-refractivity contribution is 5.53. The van der Waals surface area contributed by atoms with E-state index in [1.165, 1.54) is 0 Å². The summed E-state index contributed by atoms with van der Waals surface area (Å²) >= 11 is 0. The minimum atomic E-state index is -0.317. The van der Waals surface area contributed by atoms with E-state index >= 15 is 0 Å². The van der Waals surface area contributed by atoms with E-state index in [-0.39, 0.29) is 12.2 Å². The van der Waals surface area contributed by atoms with Crippen LogP contribution in [0.4, 0.5) is 11.5 Å². The number of nitrogens with two attached hydrogens (primary N) is 1. The summed E-state index contributed by atoms with van der Waals surface area (Å²) in [6.45, 7) is 6.27. The van der Waals surface area contributed by atoms with Crippen LogP contribution in [-0.4, -0.2) is 28.8 Å². The molecule has 0 aliphatic heterocycles. The summed E-state index contributed by atoms with van der Waals surface area (Å²) in [4.78, 5) is 4.27.